The molecule has 0 fully saturated rings. The third kappa shape index (κ3) is 4.22. The van der Waals surface area contributed by atoms with Crippen molar-refractivity contribution in [2.75, 3.05) is 6.54 Å². The lowest BCUT2D eigenvalue weighted by atomic mass is 10.2. The van der Waals surface area contributed by atoms with Crippen molar-refractivity contribution in [3.63, 3.8) is 0 Å². The zero-order chi connectivity index (χ0) is 14.5. The van der Waals surface area contributed by atoms with Crippen molar-refractivity contribution in [2.24, 2.45) is 0 Å². The molecule has 0 spiro atoms. The standard InChI is InChI=1S/C11H11F3N2O2S/c12-11(13,14)9-5-1-2-6-10(9)19(17,18)16-8-4-3-7-15/h1-2,5-6,16H,3-4,8H2. The van der Waals surface area contributed by atoms with Gasteiger partial charge >= 0.3 is 6.18 Å². The van der Waals surface area contributed by atoms with E-state index in [9.17, 15) is 21.6 Å². The molecule has 0 amide bonds. The van der Waals surface area contributed by atoms with Crippen molar-refractivity contribution in [2.45, 2.75) is 23.9 Å². The van der Waals surface area contributed by atoms with E-state index in [1.54, 1.807) is 0 Å². The highest BCUT2D eigenvalue weighted by Gasteiger charge is 2.36. The average molecular weight is 292 g/mol. The van der Waals surface area contributed by atoms with E-state index in [1.807, 2.05) is 10.8 Å². The van der Waals surface area contributed by atoms with Gasteiger partial charge in [0.1, 0.15) is 0 Å². The van der Waals surface area contributed by atoms with Crippen LogP contribution in [0.2, 0.25) is 0 Å². The summed E-state index contributed by atoms with van der Waals surface area (Å²) in [4.78, 5) is -0.806. The lowest BCUT2D eigenvalue weighted by Gasteiger charge is -2.13. The van der Waals surface area contributed by atoms with Gasteiger partial charge in [-0.1, -0.05) is 12.1 Å². The van der Waals surface area contributed by atoms with E-state index in [0.717, 1.165) is 12.1 Å². The summed E-state index contributed by atoms with van der Waals surface area (Å²) < 4.78 is 63.6. The molecule has 0 heterocycles. The molecule has 0 atom stereocenters. The Morgan fingerprint density at radius 1 is 1.26 bits per heavy atom. The highest BCUT2D eigenvalue weighted by Crippen LogP contribution is 2.33. The van der Waals surface area contributed by atoms with Crippen LogP contribution in [-0.2, 0) is 16.2 Å². The Labute approximate surface area is 108 Å². The summed E-state index contributed by atoms with van der Waals surface area (Å²) in [5.74, 6) is 0. The summed E-state index contributed by atoms with van der Waals surface area (Å²) >= 11 is 0. The Kier molecular flexibility index (Phi) is 4.91. The van der Waals surface area contributed by atoms with Gasteiger partial charge in [0.15, 0.2) is 0 Å². The Morgan fingerprint density at radius 2 is 1.89 bits per heavy atom. The molecule has 0 bridgehead atoms. The lowest BCUT2D eigenvalue weighted by Crippen LogP contribution is -2.27. The third-order valence-electron chi connectivity index (χ3n) is 2.24. The zero-order valence-corrected chi connectivity index (χ0v) is 10.6. The normalized spacial score (nSPS) is 12.1. The number of unbranched alkanes of at least 4 members (excludes halogenated alkanes) is 1. The Bertz CT molecular complexity index is 576. The van der Waals surface area contributed by atoms with Crippen molar-refractivity contribution in [3.8, 4) is 6.07 Å². The fraction of sp³-hybridized carbons (Fsp3) is 0.364. The van der Waals surface area contributed by atoms with E-state index < -0.39 is 26.7 Å². The van der Waals surface area contributed by atoms with Gasteiger partial charge in [-0.3, -0.25) is 0 Å². The molecule has 0 unspecified atom stereocenters. The number of benzene rings is 1. The van der Waals surface area contributed by atoms with Gasteiger partial charge < -0.3 is 0 Å². The van der Waals surface area contributed by atoms with Gasteiger partial charge in [0.05, 0.1) is 16.5 Å². The number of nitrogens with one attached hydrogen (secondary N) is 1. The van der Waals surface area contributed by atoms with E-state index >= 15 is 0 Å². The van der Waals surface area contributed by atoms with E-state index in [0.29, 0.717) is 6.07 Å². The van der Waals surface area contributed by atoms with Crippen LogP contribution in [-0.4, -0.2) is 15.0 Å². The highest BCUT2D eigenvalue weighted by molar-refractivity contribution is 7.89. The van der Waals surface area contributed by atoms with Crippen molar-refractivity contribution in [3.05, 3.63) is 29.8 Å². The monoisotopic (exact) mass is 292 g/mol. The number of nitrogens with zero attached hydrogens (tertiary/aromatic N) is 1. The number of halogens is 3. The first-order valence-corrected chi connectivity index (χ1v) is 6.80. The first-order valence-electron chi connectivity index (χ1n) is 5.32. The Morgan fingerprint density at radius 3 is 2.47 bits per heavy atom. The summed E-state index contributed by atoms with van der Waals surface area (Å²) in [6.45, 7) is -0.0813. The van der Waals surface area contributed by atoms with Crippen LogP contribution < -0.4 is 4.72 Å². The second kappa shape index (κ2) is 6.04. The average Bonchev–Trinajstić information content (AvgIpc) is 2.34. The Balaban J connectivity index is 3.00. The van der Waals surface area contributed by atoms with Crippen molar-refractivity contribution in [1.82, 2.24) is 4.72 Å². The minimum absolute atomic E-state index is 0.0813. The first kappa shape index (κ1) is 15.5. The van der Waals surface area contributed by atoms with Gasteiger partial charge in [-0.05, 0) is 18.6 Å². The molecule has 4 nitrogen and oxygen atoms in total. The van der Waals surface area contributed by atoms with Crippen LogP contribution in [0, 0.1) is 11.3 Å². The van der Waals surface area contributed by atoms with Crippen LogP contribution >= 0.6 is 0 Å². The summed E-state index contributed by atoms with van der Waals surface area (Å²) in [5.41, 5.74) is -1.21. The maximum Gasteiger partial charge on any atom is 0.417 e. The largest absolute Gasteiger partial charge is 0.417 e. The number of hydrogen-bond donors (Lipinski definition) is 1. The fourth-order valence-electron chi connectivity index (χ4n) is 1.39. The van der Waals surface area contributed by atoms with E-state index in [1.165, 1.54) is 6.07 Å². The van der Waals surface area contributed by atoms with Crippen molar-refractivity contribution >= 4 is 10.0 Å². The fourth-order valence-corrected chi connectivity index (χ4v) is 2.69. The van der Waals surface area contributed by atoms with Gasteiger partial charge in [-0.15, -0.1) is 0 Å². The molecule has 0 aromatic heterocycles. The molecule has 0 aliphatic carbocycles. The lowest BCUT2D eigenvalue weighted by molar-refractivity contribution is -0.139. The summed E-state index contributed by atoms with van der Waals surface area (Å²) in [7, 11) is -4.23. The van der Waals surface area contributed by atoms with Crippen molar-refractivity contribution < 1.29 is 21.6 Å². The van der Waals surface area contributed by atoms with Gasteiger partial charge in [0.25, 0.3) is 0 Å². The van der Waals surface area contributed by atoms with Gasteiger partial charge in [0, 0.05) is 13.0 Å². The van der Waals surface area contributed by atoms with Gasteiger partial charge in [-0.25, -0.2) is 13.1 Å². The quantitative estimate of drug-likeness (QED) is 0.846. The molecular weight excluding hydrogens is 281 g/mol. The summed E-state index contributed by atoms with van der Waals surface area (Å²) in [6, 6.07) is 5.77. The maximum atomic E-state index is 12.7. The second-order valence-electron chi connectivity index (χ2n) is 3.65. The molecule has 0 saturated carbocycles. The molecule has 104 valence electrons. The van der Waals surface area contributed by atoms with Crippen molar-refractivity contribution in [1.29, 1.82) is 5.26 Å². The predicted octanol–water partition coefficient (Wildman–Crippen LogP) is 2.29. The zero-order valence-electron chi connectivity index (χ0n) is 9.74. The molecule has 8 heteroatoms. The molecular formula is C11H11F3N2O2S. The summed E-state index contributed by atoms with van der Waals surface area (Å²) in [5, 5.41) is 8.29. The smallest absolute Gasteiger partial charge is 0.211 e. The molecule has 1 aromatic rings. The van der Waals surface area contributed by atoms with Gasteiger partial charge in [-0.2, -0.15) is 18.4 Å². The van der Waals surface area contributed by atoms with E-state index in [2.05, 4.69) is 0 Å². The SMILES string of the molecule is N#CCCCNS(=O)(=O)c1ccccc1C(F)(F)F. The molecule has 1 N–H and O–H groups in total. The molecule has 0 aliphatic heterocycles. The first-order chi connectivity index (χ1) is 8.79. The number of hydrogen-bond acceptors (Lipinski definition) is 3. The van der Waals surface area contributed by atoms with Crippen LogP contribution in [0.15, 0.2) is 29.2 Å². The van der Waals surface area contributed by atoms with Crippen LogP contribution in [0.4, 0.5) is 13.2 Å². The molecule has 0 radical (unpaired) electrons. The molecule has 0 aliphatic rings. The number of nitriles is 1. The minimum Gasteiger partial charge on any atom is -0.211 e. The van der Waals surface area contributed by atoms with E-state index in [-0.39, 0.29) is 19.4 Å². The maximum absolute atomic E-state index is 12.7. The van der Waals surface area contributed by atoms with Crippen LogP contribution in [0.3, 0.4) is 0 Å². The van der Waals surface area contributed by atoms with Crippen LogP contribution in [0.25, 0.3) is 0 Å². The molecule has 19 heavy (non-hydrogen) atoms. The number of rotatable bonds is 5. The third-order valence-corrected chi connectivity index (χ3v) is 3.76. The second-order valence-corrected chi connectivity index (χ2v) is 5.39. The number of alkyl halides is 3. The number of sulfonamides is 1. The van der Waals surface area contributed by atoms with Gasteiger partial charge in [0.2, 0.25) is 10.0 Å². The minimum atomic E-state index is -4.74. The Hall–Kier alpha value is -1.59. The van der Waals surface area contributed by atoms with Crippen LogP contribution in [0.1, 0.15) is 18.4 Å². The van der Waals surface area contributed by atoms with Crippen LogP contribution in [0.5, 0.6) is 0 Å². The molecule has 1 aromatic carbocycles. The topological polar surface area (TPSA) is 70.0 Å². The molecule has 1 rings (SSSR count). The van der Waals surface area contributed by atoms with E-state index in [4.69, 9.17) is 5.26 Å². The summed E-state index contributed by atoms with van der Waals surface area (Å²) in [6.07, 6.45) is -4.37. The highest BCUT2D eigenvalue weighted by atomic mass is 32.2. The predicted molar refractivity (Wildman–Crippen MR) is 61.5 cm³/mol. The molecule has 0 saturated heterocycles.